The summed E-state index contributed by atoms with van der Waals surface area (Å²) in [5.74, 6) is 0.493. The first kappa shape index (κ1) is 11.4. The molecule has 0 aromatic carbocycles. The quantitative estimate of drug-likeness (QED) is 0.751. The number of aromatic nitrogens is 1. The zero-order valence-electron chi connectivity index (χ0n) is 9.03. The zero-order valence-corrected chi connectivity index (χ0v) is 9.03. The molecular weight excluding hydrogens is 188 g/mol. The molecular formula is C12H14N2O. The van der Waals surface area contributed by atoms with Crippen molar-refractivity contribution < 1.29 is 4.79 Å². The Balaban J connectivity index is 2.73. The van der Waals surface area contributed by atoms with Gasteiger partial charge in [0.05, 0.1) is 17.7 Å². The summed E-state index contributed by atoms with van der Waals surface area (Å²) in [6.07, 6.45) is 2.42. The first-order valence-electron chi connectivity index (χ1n) is 4.99. The van der Waals surface area contributed by atoms with Crippen LogP contribution >= 0.6 is 0 Å². The molecule has 0 aliphatic rings. The number of carbonyl (C=O) groups excluding carboxylic acids is 1. The summed E-state index contributed by atoms with van der Waals surface area (Å²) in [5, 5.41) is 8.81. The van der Waals surface area contributed by atoms with Gasteiger partial charge < -0.3 is 0 Å². The monoisotopic (exact) mass is 202 g/mol. The van der Waals surface area contributed by atoms with Crippen molar-refractivity contribution in [3.05, 3.63) is 29.6 Å². The molecule has 0 saturated carbocycles. The van der Waals surface area contributed by atoms with Crippen LogP contribution < -0.4 is 0 Å². The van der Waals surface area contributed by atoms with E-state index in [1.807, 2.05) is 19.9 Å². The molecule has 0 radical (unpaired) electrons. The molecule has 1 aromatic heterocycles. The van der Waals surface area contributed by atoms with Crippen molar-refractivity contribution in [3.63, 3.8) is 0 Å². The maximum Gasteiger partial charge on any atom is 0.139 e. The third-order valence-electron chi connectivity index (χ3n) is 2.01. The molecule has 1 heterocycles. The lowest BCUT2D eigenvalue weighted by Gasteiger charge is -2.04. The maximum absolute atomic E-state index is 11.5. The predicted octanol–water partition coefficient (Wildman–Crippen LogP) is 2.11. The van der Waals surface area contributed by atoms with Crippen LogP contribution in [0, 0.1) is 17.2 Å². The van der Waals surface area contributed by atoms with E-state index in [0.717, 1.165) is 0 Å². The van der Waals surface area contributed by atoms with Crippen molar-refractivity contribution in [1.29, 1.82) is 5.26 Å². The van der Waals surface area contributed by atoms with Gasteiger partial charge in [0, 0.05) is 12.6 Å². The Kier molecular flexibility index (Phi) is 3.99. The third kappa shape index (κ3) is 3.51. The smallest absolute Gasteiger partial charge is 0.139 e. The molecule has 0 bridgehead atoms. The molecule has 0 atom stereocenters. The highest BCUT2D eigenvalue weighted by Gasteiger charge is 2.10. The molecule has 15 heavy (non-hydrogen) atoms. The minimum absolute atomic E-state index is 0.139. The molecule has 0 unspecified atom stereocenters. The first-order valence-corrected chi connectivity index (χ1v) is 4.99. The van der Waals surface area contributed by atoms with E-state index in [1.54, 1.807) is 18.3 Å². The zero-order chi connectivity index (χ0) is 11.3. The van der Waals surface area contributed by atoms with Crippen molar-refractivity contribution in [2.45, 2.75) is 26.7 Å². The number of ketones is 1. The molecule has 78 valence electrons. The minimum atomic E-state index is 0.139. The Morgan fingerprint density at radius 2 is 2.33 bits per heavy atom. The van der Waals surface area contributed by atoms with Crippen LogP contribution in [0.2, 0.25) is 0 Å². The van der Waals surface area contributed by atoms with E-state index in [0.29, 0.717) is 23.6 Å². The van der Waals surface area contributed by atoms with Crippen LogP contribution in [0.15, 0.2) is 18.3 Å². The van der Waals surface area contributed by atoms with Crippen molar-refractivity contribution >= 4 is 5.78 Å². The fourth-order valence-electron chi connectivity index (χ4n) is 1.39. The topological polar surface area (TPSA) is 53.8 Å². The van der Waals surface area contributed by atoms with E-state index in [9.17, 15) is 4.79 Å². The van der Waals surface area contributed by atoms with E-state index in [4.69, 9.17) is 5.26 Å². The van der Waals surface area contributed by atoms with Gasteiger partial charge in [-0.15, -0.1) is 0 Å². The Labute approximate surface area is 89.8 Å². The molecule has 0 aliphatic carbocycles. The predicted molar refractivity (Wildman–Crippen MR) is 57.1 cm³/mol. The molecule has 3 heteroatoms. The van der Waals surface area contributed by atoms with E-state index >= 15 is 0 Å². The van der Waals surface area contributed by atoms with Gasteiger partial charge in [0.25, 0.3) is 0 Å². The average molecular weight is 202 g/mol. The summed E-state index contributed by atoms with van der Waals surface area (Å²) < 4.78 is 0. The van der Waals surface area contributed by atoms with Crippen LogP contribution in [0.1, 0.15) is 31.5 Å². The van der Waals surface area contributed by atoms with Gasteiger partial charge in [-0.05, 0) is 18.1 Å². The number of hydrogen-bond donors (Lipinski definition) is 0. The Bertz CT molecular complexity index is 391. The Hall–Kier alpha value is -1.69. The highest BCUT2D eigenvalue weighted by molar-refractivity contribution is 5.81. The number of Topliss-reactive ketones (excluding diaryl/α,β-unsaturated/α-hetero) is 1. The number of nitrogens with zero attached hydrogens (tertiary/aromatic N) is 2. The van der Waals surface area contributed by atoms with Gasteiger partial charge in [0.1, 0.15) is 11.9 Å². The van der Waals surface area contributed by atoms with E-state index in [-0.39, 0.29) is 12.2 Å². The summed E-state index contributed by atoms with van der Waals surface area (Å²) in [4.78, 5) is 15.6. The lowest BCUT2D eigenvalue weighted by Crippen LogP contribution is -2.08. The third-order valence-corrected chi connectivity index (χ3v) is 2.01. The summed E-state index contributed by atoms with van der Waals surface area (Å²) in [6.45, 7) is 4.00. The molecule has 0 N–H and O–H groups in total. The van der Waals surface area contributed by atoms with Crippen LogP contribution in [0.3, 0.4) is 0 Å². The van der Waals surface area contributed by atoms with Gasteiger partial charge in [-0.25, -0.2) is 0 Å². The molecule has 1 rings (SSSR count). The molecule has 0 amide bonds. The first-order chi connectivity index (χ1) is 7.13. The molecule has 0 aliphatic heterocycles. The highest BCUT2D eigenvalue weighted by Crippen LogP contribution is 2.08. The van der Waals surface area contributed by atoms with Gasteiger partial charge in [0.15, 0.2) is 0 Å². The van der Waals surface area contributed by atoms with Gasteiger partial charge in [0.2, 0.25) is 0 Å². The summed E-state index contributed by atoms with van der Waals surface area (Å²) in [5.41, 5.74) is 1.08. The number of rotatable bonds is 4. The van der Waals surface area contributed by atoms with Gasteiger partial charge >= 0.3 is 0 Å². The molecule has 0 fully saturated rings. The average Bonchev–Trinajstić information content (AvgIpc) is 2.17. The highest BCUT2D eigenvalue weighted by atomic mass is 16.1. The molecule has 1 aromatic rings. The van der Waals surface area contributed by atoms with Gasteiger partial charge in [-0.2, -0.15) is 5.26 Å². The fraction of sp³-hybridized carbons (Fsp3) is 0.417. The summed E-state index contributed by atoms with van der Waals surface area (Å²) in [6, 6.07) is 5.43. The number of hydrogen-bond acceptors (Lipinski definition) is 3. The molecule has 0 spiro atoms. The Morgan fingerprint density at radius 3 is 2.93 bits per heavy atom. The number of nitriles is 1. The van der Waals surface area contributed by atoms with E-state index in [2.05, 4.69) is 4.98 Å². The van der Waals surface area contributed by atoms with Crippen molar-refractivity contribution in [2.75, 3.05) is 0 Å². The lowest BCUT2D eigenvalue weighted by molar-refractivity contribution is -0.119. The second kappa shape index (κ2) is 5.26. The van der Waals surface area contributed by atoms with Crippen LogP contribution in [0.4, 0.5) is 0 Å². The van der Waals surface area contributed by atoms with Crippen molar-refractivity contribution in [1.82, 2.24) is 4.98 Å². The SMILES string of the molecule is CC(C)CC(=O)Cc1ncccc1C#N. The van der Waals surface area contributed by atoms with Crippen LogP contribution in [-0.2, 0) is 11.2 Å². The Morgan fingerprint density at radius 1 is 1.60 bits per heavy atom. The second-order valence-corrected chi connectivity index (χ2v) is 3.92. The molecule has 0 saturated heterocycles. The van der Waals surface area contributed by atoms with Gasteiger partial charge in [-0.1, -0.05) is 13.8 Å². The summed E-state index contributed by atoms with van der Waals surface area (Å²) in [7, 11) is 0. The minimum Gasteiger partial charge on any atom is -0.299 e. The molecule has 3 nitrogen and oxygen atoms in total. The summed E-state index contributed by atoms with van der Waals surface area (Å²) >= 11 is 0. The van der Waals surface area contributed by atoms with Crippen molar-refractivity contribution in [2.24, 2.45) is 5.92 Å². The fourth-order valence-corrected chi connectivity index (χ4v) is 1.39. The normalized spacial score (nSPS) is 10.0. The van der Waals surface area contributed by atoms with Gasteiger partial charge in [-0.3, -0.25) is 9.78 Å². The number of carbonyl (C=O) groups is 1. The van der Waals surface area contributed by atoms with Crippen LogP contribution in [-0.4, -0.2) is 10.8 Å². The van der Waals surface area contributed by atoms with Crippen LogP contribution in [0.25, 0.3) is 0 Å². The van der Waals surface area contributed by atoms with E-state index in [1.165, 1.54) is 0 Å². The lowest BCUT2D eigenvalue weighted by atomic mass is 10.0. The standard InChI is InChI=1S/C12H14N2O/c1-9(2)6-11(15)7-12-10(8-13)4-3-5-14-12/h3-5,9H,6-7H2,1-2H3. The largest absolute Gasteiger partial charge is 0.299 e. The van der Waals surface area contributed by atoms with Crippen LogP contribution in [0.5, 0.6) is 0 Å². The number of pyridine rings is 1. The maximum atomic E-state index is 11.5. The van der Waals surface area contributed by atoms with Crippen molar-refractivity contribution in [3.8, 4) is 6.07 Å². The van der Waals surface area contributed by atoms with E-state index < -0.39 is 0 Å². The second-order valence-electron chi connectivity index (χ2n) is 3.92.